The van der Waals surface area contributed by atoms with Crippen molar-refractivity contribution < 1.29 is 9.90 Å². The quantitative estimate of drug-likeness (QED) is 0.787. The van der Waals surface area contributed by atoms with Crippen molar-refractivity contribution in [3.05, 3.63) is 0 Å². The van der Waals surface area contributed by atoms with Crippen LogP contribution in [0.4, 0.5) is 0 Å². The molecule has 0 saturated heterocycles. The lowest BCUT2D eigenvalue weighted by atomic mass is 9.42. The van der Waals surface area contributed by atoms with Crippen molar-refractivity contribution in [2.24, 2.45) is 40.7 Å². The van der Waals surface area contributed by atoms with Gasteiger partial charge in [0.05, 0.1) is 5.92 Å². The number of rotatable bonds is 4. The fourth-order valence-electron chi connectivity index (χ4n) is 5.68. The van der Waals surface area contributed by atoms with Gasteiger partial charge in [-0.3, -0.25) is 4.79 Å². The van der Waals surface area contributed by atoms with Crippen molar-refractivity contribution in [3.8, 4) is 0 Å². The van der Waals surface area contributed by atoms with E-state index < -0.39 is 5.97 Å². The predicted octanol–water partition coefficient (Wildman–Crippen LogP) is 2.11. The molecular weight excluding hydrogens is 214 g/mol. The molecule has 3 fully saturated rings. The van der Waals surface area contributed by atoms with Gasteiger partial charge in [0.1, 0.15) is 0 Å². The highest BCUT2D eigenvalue weighted by molar-refractivity contribution is 5.71. The third kappa shape index (κ3) is 1.24. The third-order valence-corrected chi connectivity index (χ3v) is 6.20. The van der Waals surface area contributed by atoms with Crippen molar-refractivity contribution >= 4 is 5.97 Å². The van der Waals surface area contributed by atoms with Crippen LogP contribution in [0.1, 0.15) is 39.0 Å². The Morgan fingerprint density at radius 3 is 2.76 bits per heavy atom. The van der Waals surface area contributed by atoms with Gasteiger partial charge in [0.25, 0.3) is 0 Å². The second-order valence-corrected chi connectivity index (χ2v) is 6.41. The summed E-state index contributed by atoms with van der Waals surface area (Å²) in [7, 11) is 0. The number of carbonyl (C=O) groups is 1. The Bertz CT molecular complexity index is 335. The van der Waals surface area contributed by atoms with E-state index in [1.165, 1.54) is 25.7 Å². The first-order valence-corrected chi connectivity index (χ1v) is 7.08. The molecule has 0 aromatic heterocycles. The Morgan fingerprint density at radius 1 is 1.41 bits per heavy atom. The van der Waals surface area contributed by atoms with E-state index in [-0.39, 0.29) is 11.3 Å². The van der Waals surface area contributed by atoms with Gasteiger partial charge in [0.15, 0.2) is 0 Å². The van der Waals surface area contributed by atoms with E-state index in [9.17, 15) is 9.90 Å². The molecule has 17 heavy (non-hydrogen) atoms. The molecule has 2 bridgehead atoms. The van der Waals surface area contributed by atoms with Gasteiger partial charge >= 0.3 is 5.97 Å². The van der Waals surface area contributed by atoms with Crippen LogP contribution < -0.4 is 5.73 Å². The summed E-state index contributed by atoms with van der Waals surface area (Å²) in [4.78, 5) is 11.5. The molecule has 3 rings (SSSR count). The third-order valence-electron chi connectivity index (χ3n) is 6.20. The molecule has 0 spiro atoms. The maximum atomic E-state index is 11.5. The summed E-state index contributed by atoms with van der Waals surface area (Å²) in [6, 6.07) is 0. The Labute approximate surface area is 103 Å². The van der Waals surface area contributed by atoms with Gasteiger partial charge in [-0.15, -0.1) is 0 Å². The van der Waals surface area contributed by atoms with E-state index in [0.717, 1.165) is 18.3 Å². The molecule has 0 aliphatic heterocycles. The monoisotopic (exact) mass is 237 g/mol. The van der Waals surface area contributed by atoms with Crippen molar-refractivity contribution in [2.75, 3.05) is 6.54 Å². The standard InChI is InChI=1S/C14H23NO2/c1-2-10(13(16)17)14(7-15)11-4-3-8-5-9(11)12(14)6-8/h8-12H,2-7,15H2,1H3,(H,16,17)/t8-,9-,10?,11?,12-,14+/m0/s1. The van der Waals surface area contributed by atoms with Crippen molar-refractivity contribution in [3.63, 3.8) is 0 Å². The van der Waals surface area contributed by atoms with Gasteiger partial charge in [-0.1, -0.05) is 13.3 Å². The van der Waals surface area contributed by atoms with Gasteiger partial charge < -0.3 is 10.8 Å². The minimum atomic E-state index is -0.619. The summed E-state index contributed by atoms with van der Waals surface area (Å²) in [5, 5.41) is 9.50. The molecule has 0 amide bonds. The van der Waals surface area contributed by atoms with Crippen molar-refractivity contribution in [1.82, 2.24) is 0 Å². The minimum Gasteiger partial charge on any atom is -0.481 e. The summed E-state index contributed by atoms with van der Waals surface area (Å²) < 4.78 is 0. The lowest BCUT2D eigenvalue weighted by molar-refractivity contribution is -0.177. The Morgan fingerprint density at radius 2 is 2.18 bits per heavy atom. The second-order valence-electron chi connectivity index (χ2n) is 6.41. The highest BCUT2D eigenvalue weighted by atomic mass is 16.4. The van der Waals surface area contributed by atoms with Crippen LogP contribution in [0.3, 0.4) is 0 Å². The number of carboxylic acid groups (broad SMARTS) is 1. The van der Waals surface area contributed by atoms with Crippen LogP contribution in [0.5, 0.6) is 0 Å². The van der Waals surface area contributed by atoms with Gasteiger partial charge in [-0.2, -0.15) is 0 Å². The second kappa shape index (κ2) is 3.71. The molecule has 0 aromatic rings. The summed E-state index contributed by atoms with van der Waals surface area (Å²) in [6.07, 6.45) is 5.88. The molecule has 3 saturated carbocycles. The first-order valence-electron chi connectivity index (χ1n) is 7.08. The fraction of sp³-hybridized carbons (Fsp3) is 0.929. The van der Waals surface area contributed by atoms with E-state index in [4.69, 9.17) is 5.73 Å². The van der Waals surface area contributed by atoms with Gasteiger partial charge in [-0.25, -0.2) is 0 Å². The van der Waals surface area contributed by atoms with E-state index in [1.54, 1.807) is 0 Å². The zero-order chi connectivity index (χ0) is 12.2. The molecule has 96 valence electrons. The average molecular weight is 237 g/mol. The van der Waals surface area contributed by atoms with E-state index in [0.29, 0.717) is 18.4 Å². The smallest absolute Gasteiger partial charge is 0.307 e. The molecule has 0 heterocycles. The zero-order valence-electron chi connectivity index (χ0n) is 10.6. The molecule has 3 aliphatic carbocycles. The highest BCUT2D eigenvalue weighted by Crippen LogP contribution is 2.71. The summed E-state index contributed by atoms with van der Waals surface area (Å²) in [6.45, 7) is 2.58. The largest absolute Gasteiger partial charge is 0.481 e. The van der Waals surface area contributed by atoms with Crippen LogP contribution in [0, 0.1) is 35.0 Å². The predicted molar refractivity (Wildman–Crippen MR) is 65.3 cm³/mol. The molecular formula is C14H23NO2. The van der Waals surface area contributed by atoms with E-state index in [2.05, 4.69) is 0 Å². The lowest BCUT2D eigenvalue weighted by Gasteiger charge is -2.62. The number of nitrogens with two attached hydrogens (primary N) is 1. The fourth-order valence-corrected chi connectivity index (χ4v) is 5.68. The summed E-state index contributed by atoms with van der Waals surface area (Å²) in [5.74, 6) is 2.08. The van der Waals surface area contributed by atoms with Crippen molar-refractivity contribution in [1.29, 1.82) is 0 Å². The van der Waals surface area contributed by atoms with Crippen molar-refractivity contribution in [2.45, 2.75) is 39.0 Å². The Balaban J connectivity index is 1.95. The summed E-state index contributed by atoms with van der Waals surface area (Å²) in [5.41, 5.74) is 6.00. The lowest BCUT2D eigenvalue weighted by Crippen LogP contribution is -2.63. The number of hydrogen-bond donors (Lipinski definition) is 2. The minimum absolute atomic E-state index is 0.0590. The molecule has 6 atom stereocenters. The average Bonchev–Trinajstić information content (AvgIpc) is 2.49. The SMILES string of the molecule is CCC(C(=O)O)[C@]1(CN)C2CC[C@H]3C[C@@H]2[C@@H]1C3. The maximum absolute atomic E-state index is 11.5. The number of carboxylic acids is 1. The first-order chi connectivity index (χ1) is 8.15. The van der Waals surface area contributed by atoms with Crippen LogP contribution in [0.15, 0.2) is 0 Å². The molecule has 3 heteroatoms. The number of hydrogen-bond acceptors (Lipinski definition) is 2. The first kappa shape index (κ1) is 11.5. The van der Waals surface area contributed by atoms with Crippen LogP contribution in [0.25, 0.3) is 0 Å². The van der Waals surface area contributed by atoms with Crippen LogP contribution in [0.2, 0.25) is 0 Å². The molecule has 3 N–H and O–H groups in total. The summed E-state index contributed by atoms with van der Waals surface area (Å²) >= 11 is 0. The normalized spacial score (nSPS) is 48.6. The molecule has 0 aromatic carbocycles. The Hall–Kier alpha value is -0.570. The van der Waals surface area contributed by atoms with Crippen LogP contribution in [-0.4, -0.2) is 17.6 Å². The van der Waals surface area contributed by atoms with Crippen LogP contribution in [-0.2, 0) is 4.79 Å². The Kier molecular flexibility index (Phi) is 2.51. The molecule has 3 nitrogen and oxygen atoms in total. The van der Waals surface area contributed by atoms with E-state index in [1.807, 2.05) is 6.92 Å². The highest BCUT2D eigenvalue weighted by Gasteiger charge is 2.68. The number of aliphatic carboxylic acids is 1. The topological polar surface area (TPSA) is 63.3 Å². The molecule has 3 aliphatic rings. The van der Waals surface area contributed by atoms with E-state index >= 15 is 0 Å². The zero-order valence-corrected chi connectivity index (χ0v) is 10.6. The molecule has 0 radical (unpaired) electrons. The van der Waals surface area contributed by atoms with Crippen LogP contribution >= 0.6 is 0 Å². The molecule has 2 unspecified atom stereocenters. The number of fused-ring (bicyclic) bond motifs is 1. The van der Waals surface area contributed by atoms with Gasteiger partial charge in [-0.05, 0) is 55.9 Å². The van der Waals surface area contributed by atoms with Gasteiger partial charge in [0, 0.05) is 5.41 Å². The maximum Gasteiger partial charge on any atom is 0.307 e. The van der Waals surface area contributed by atoms with Gasteiger partial charge in [0.2, 0.25) is 0 Å².